The number of carbonyl (C=O) groups excluding carboxylic acids is 5. The molecule has 29 heteroatoms. The molecule has 1 aliphatic heterocycles. The molecule has 9 N–H and O–H groups in total. The second kappa shape index (κ2) is 36.5. The Balaban J connectivity index is 0.00000241. The van der Waals surface area contributed by atoms with Crippen LogP contribution in [-0.4, -0.2) is 197 Å². The van der Waals surface area contributed by atoms with E-state index in [0.717, 1.165) is 46.1 Å². The Morgan fingerprint density at radius 2 is 1.45 bits per heavy atom. The maximum Gasteiger partial charge on any atom is 0.490 e. The summed E-state index contributed by atoms with van der Waals surface area (Å²) in [7, 11) is 0. The van der Waals surface area contributed by atoms with Gasteiger partial charge in [0.25, 0.3) is 0 Å². The van der Waals surface area contributed by atoms with Crippen LogP contribution in [0.25, 0.3) is 11.1 Å². The molecule has 22 nitrogen and oxygen atoms in total. The summed E-state index contributed by atoms with van der Waals surface area (Å²) in [6.07, 6.45) is -2.99. The summed E-state index contributed by atoms with van der Waals surface area (Å²) in [5, 5.41) is 30.4. The van der Waals surface area contributed by atoms with Crippen LogP contribution in [0.15, 0.2) is 60.8 Å². The zero-order valence-electron chi connectivity index (χ0n) is 46.4. The molecule has 0 bridgehead atoms. The van der Waals surface area contributed by atoms with Crippen LogP contribution in [-0.2, 0) is 63.8 Å². The van der Waals surface area contributed by atoms with Crippen LogP contribution in [0.4, 0.5) is 22.0 Å². The van der Waals surface area contributed by atoms with Gasteiger partial charge in [-0.05, 0) is 60.4 Å². The molecule has 462 valence electrons. The summed E-state index contributed by atoms with van der Waals surface area (Å²) < 4.78 is 85.1. The van der Waals surface area contributed by atoms with E-state index < -0.39 is 82.2 Å². The highest BCUT2D eigenvalue weighted by Gasteiger charge is 2.40. The van der Waals surface area contributed by atoms with Crippen molar-refractivity contribution in [3.63, 3.8) is 0 Å². The SMILES string of the molecule is CC(C)(C)[C@H](c1cc(-c2cc(F)ccc2F)cn1Cc1ccccc1)N(CCCN)C(=O)CSCCC(NC(=O)CCOCCOCCOCCOCCNC(=O)CCN1C(=O)CC(SC[C@H](N)C(=O)O)C1=O)C(=O)O.O=C(O)C(F)(F)F. The van der Waals surface area contributed by atoms with E-state index in [9.17, 15) is 56.2 Å². The summed E-state index contributed by atoms with van der Waals surface area (Å²) in [6, 6.07) is 11.9. The molecule has 2 aromatic carbocycles. The van der Waals surface area contributed by atoms with Crippen molar-refractivity contribution >= 4 is 71.0 Å². The number of amides is 5. The van der Waals surface area contributed by atoms with Gasteiger partial charge >= 0.3 is 24.1 Å². The lowest BCUT2D eigenvalue weighted by Crippen LogP contribution is -2.44. The Morgan fingerprint density at radius 1 is 0.831 bits per heavy atom. The lowest BCUT2D eigenvalue weighted by Gasteiger charge is -2.41. The molecule has 4 rings (SSSR count). The minimum absolute atomic E-state index is 0.0153. The summed E-state index contributed by atoms with van der Waals surface area (Å²) in [4.78, 5) is 98.6. The maximum atomic E-state index is 15.2. The molecule has 1 aromatic heterocycles. The number of nitrogens with zero attached hydrogens (tertiary/aromatic N) is 3. The minimum Gasteiger partial charge on any atom is -0.480 e. The first-order valence-electron chi connectivity index (χ1n) is 26.4. The van der Waals surface area contributed by atoms with Gasteiger partial charge in [-0.1, -0.05) is 51.1 Å². The predicted octanol–water partition coefficient (Wildman–Crippen LogP) is 4.31. The second-order valence-electron chi connectivity index (χ2n) is 19.6. The van der Waals surface area contributed by atoms with E-state index in [4.69, 9.17) is 45.4 Å². The van der Waals surface area contributed by atoms with Gasteiger partial charge < -0.3 is 65.8 Å². The Morgan fingerprint density at radius 3 is 2.02 bits per heavy atom. The molecule has 83 heavy (non-hydrogen) atoms. The number of hydrogen-bond acceptors (Lipinski definition) is 16. The first-order valence-corrected chi connectivity index (χ1v) is 28.6. The van der Waals surface area contributed by atoms with Crippen molar-refractivity contribution < 1.29 is 94.6 Å². The zero-order chi connectivity index (χ0) is 61.7. The molecule has 0 spiro atoms. The van der Waals surface area contributed by atoms with E-state index in [1.807, 2.05) is 61.7 Å². The first-order chi connectivity index (χ1) is 39.2. The quantitative estimate of drug-likeness (QED) is 0.0240. The number of carboxylic acids is 3. The smallest absolute Gasteiger partial charge is 0.480 e. The van der Waals surface area contributed by atoms with Crippen LogP contribution >= 0.6 is 23.5 Å². The Kier molecular flexibility index (Phi) is 31.2. The number of nitrogens with two attached hydrogens (primary N) is 2. The van der Waals surface area contributed by atoms with Crippen molar-refractivity contribution in [3.05, 3.63) is 83.7 Å². The van der Waals surface area contributed by atoms with E-state index in [0.29, 0.717) is 31.6 Å². The number of halogens is 5. The number of likely N-dealkylation sites (tertiary alicyclic amines) is 1. The van der Waals surface area contributed by atoms with E-state index in [2.05, 4.69) is 10.6 Å². The molecule has 0 saturated carbocycles. The third-order valence-corrected chi connectivity index (χ3v) is 14.4. The fourth-order valence-electron chi connectivity index (χ4n) is 8.04. The highest BCUT2D eigenvalue weighted by atomic mass is 32.2. The van der Waals surface area contributed by atoms with Crippen molar-refractivity contribution in [3.8, 4) is 11.1 Å². The van der Waals surface area contributed by atoms with Crippen LogP contribution in [0.1, 0.15) is 70.2 Å². The average Bonchev–Trinajstić information content (AvgIpc) is 4.13. The average molecular weight is 1220 g/mol. The molecule has 2 heterocycles. The fraction of sp³-hybridized carbons (Fsp3) is 0.556. The standard InChI is InChI=1S/C52H73F2N7O13S2.C2HF3O2/c1-52(2,3)48(42-28-36(38-29-37(53)10-11-39(38)54)32-59(42)31-35-8-5-4-6-9-35)60(17-7-15-55)47(65)34-75-27-14-41(51(69)70)58-45(63)13-19-71-21-23-73-25-26-74-24-22-72-20-16-57-44(62)12-18-61-46(64)30-43(49(61)66)76-33-40(56)50(67)68;3-2(4,5)1(6)7/h4-6,8-11,28-29,32,40-41,43,48H,7,12-27,30-31,33-34,55-56H2,1-3H3,(H,57,62)(H,58,63)(H,67,68)(H,69,70);(H,6,7)/t40-,41?,43?,48-;/m0./s1. The van der Waals surface area contributed by atoms with Crippen LogP contribution < -0.4 is 22.1 Å². The minimum atomic E-state index is -5.08. The lowest BCUT2D eigenvalue weighted by atomic mass is 9.83. The lowest BCUT2D eigenvalue weighted by molar-refractivity contribution is -0.192. The molecule has 4 atom stereocenters. The number of carbonyl (C=O) groups is 8. The fourth-order valence-corrected chi connectivity index (χ4v) is 10.0. The molecule has 0 aliphatic carbocycles. The molecule has 1 fully saturated rings. The number of ether oxygens (including phenoxy) is 4. The number of benzene rings is 2. The second-order valence-corrected chi connectivity index (χ2v) is 22.0. The van der Waals surface area contributed by atoms with Crippen LogP contribution in [0.5, 0.6) is 0 Å². The molecule has 2 unspecified atom stereocenters. The Labute approximate surface area is 485 Å². The molecular weight excluding hydrogens is 1150 g/mol. The summed E-state index contributed by atoms with van der Waals surface area (Å²) in [5.74, 6) is -8.05. The maximum absolute atomic E-state index is 15.2. The van der Waals surface area contributed by atoms with Crippen molar-refractivity contribution in [2.45, 2.75) is 89.0 Å². The van der Waals surface area contributed by atoms with Crippen molar-refractivity contribution in [1.29, 1.82) is 0 Å². The number of aliphatic carboxylic acids is 3. The topological polar surface area (TPSA) is 322 Å². The molecular formula is C54H74F5N7O15S2. The first kappa shape index (κ1) is 71.1. The van der Waals surface area contributed by atoms with Gasteiger partial charge in [-0.3, -0.25) is 33.7 Å². The summed E-state index contributed by atoms with van der Waals surface area (Å²) in [5.41, 5.74) is 13.1. The largest absolute Gasteiger partial charge is 0.490 e. The monoisotopic (exact) mass is 1220 g/mol. The normalized spacial score (nSPS) is 14.6. The number of rotatable bonds is 37. The number of alkyl halides is 3. The van der Waals surface area contributed by atoms with Gasteiger partial charge in [-0.15, -0.1) is 11.8 Å². The van der Waals surface area contributed by atoms with Gasteiger partial charge in [0.2, 0.25) is 29.5 Å². The number of thioether (sulfide) groups is 2. The molecule has 5 amide bonds. The van der Waals surface area contributed by atoms with Gasteiger partial charge in [-0.2, -0.15) is 24.9 Å². The Bertz CT molecular complexity index is 2580. The van der Waals surface area contributed by atoms with Gasteiger partial charge in [0.05, 0.1) is 69.9 Å². The van der Waals surface area contributed by atoms with E-state index in [1.54, 1.807) is 11.1 Å². The molecule has 0 radical (unpaired) electrons. The number of aromatic nitrogens is 1. The van der Waals surface area contributed by atoms with E-state index >= 15 is 4.39 Å². The predicted molar refractivity (Wildman–Crippen MR) is 297 cm³/mol. The third-order valence-electron chi connectivity index (χ3n) is 12.1. The zero-order valence-corrected chi connectivity index (χ0v) is 48.0. The van der Waals surface area contributed by atoms with E-state index in [-0.39, 0.29) is 126 Å². The van der Waals surface area contributed by atoms with Gasteiger partial charge in [-0.25, -0.2) is 18.4 Å². The summed E-state index contributed by atoms with van der Waals surface area (Å²) in [6.45, 7) is 8.94. The van der Waals surface area contributed by atoms with Gasteiger partial charge in [0.15, 0.2) is 0 Å². The Hall–Kier alpha value is -6.21. The highest BCUT2D eigenvalue weighted by Crippen LogP contribution is 2.41. The van der Waals surface area contributed by atoms with Crippen molar-refractivity contribution in [2.75, 3.05) is 96.3 Å². The molecule has 1 aliphatic rings. The number of carboxylic acid groups (broad SMARTS) is 3. The van der Waals surface area contributed by atoms with Crippen LogP contribution in [0, 0.1) is 17.0 Å². The van der Waals surface area contributed by atoms with Crippen molar-refractivity contribution in [1.82, 2.24) is 25.0 Å². The number of nitrogens with one attached hydrogen (secondary N) is 2. The van der Waals surface area contributed by atoms with Crippen molar-refractivity contribution in [2.24, 2.45) is 16.9 Å². The highest BCUT2D eigenvalue weighted by molar-refractivity contribution is 8.00. The van der Waals surface area contributed by atoms with Gasteiger partial charge in [0.1, 0.15) is 23.7 Å². The summed E-state index contributed by atoms with van der Waals surface area (Å²) >= 11 is 2.26. The van der Waals surface area contributed by atoms with Crippen LogP contribution in [0.2, 0.25) is 0 Å². The van der Waals surface area contributed by atoms with Gasteiger partial charge in [0, 0.05) is 74.2 Å². The van der Waals surface area contributed by atoms with E-state index in [1.165, 1.54) is 11.8 Å². The third kappa shape index (κ3) is 26.1. The molecule has 3 aromatic rings. The number of hydrogen-bond donors (Lipinski definition) is 7. The number of imide groups is 1. The van der Waals surface area contributed by atoms with Crippen LogP contribution in [0.3, 0.4) is 0 Å². The molecule has 1 saturated heterocycles.